The molecule has 4 rings (SSSR count). The lowest BCUT2D eigenvalue weighted by Gasteiger charge is -2.31. The van der Waals surface area contributed by atoms with Gasteiger partial charge in [-0.2, -0.15) is 13.2 Å². The monoisotopic (exact) mass is 404 g/mol. The van der Waals surface area contributed by atoms with Crippen LogP contribution in [0, 0.1) is 0 Å². The normalized spacial score (nSPS) is 17.9. The van der Waals surface area contributed by atoms with Gasteiger partial charge >= 0.3 is 6.18 Å². The Kier molecular flexibility index (Phi) is 5.21. The predicted octanol–water partition coefficient (Wildman–Crippen LogP) is 6.16. The van der Waals surface area contributed by atoms with E-state index in [9.17, 15) is 13.2 Å². The molecule has 146 valence electrons. The highest BCUT2D eigenvalue weighted by atomic mass is 35.5. The van der Waals surface area contributed by atoms with E-state index in [0.29, 0.717) is 11.6 Å². The van der Waals surface area contributed by atoms with E-state index in [1.165, 1.54) is 12.1 Å². The van der Waals surface area contributed by atoms with Crippen molar-refractivity contribution in [2.24, 2.45) is 0 Å². The molecule has 2 heterocycles. The highest BCUT2D eigenvalue weighted by molar-refractivity contribution is 6.30. The standard InChI is InChI=1S/C22H20ClF3N2/c23-19-5-1-4-16(14-19)15-28-13-3-12-27-11-2-6-20(27)21(28)17-7-9-18(10-8-17)22(24,25)26/h1-2,4-11,14,21H,3,12-13,15H2/t21-/m0/s1. The van der Waals surface area contributed by atoms with Crippen LogP contribution < -0.4 is 0 Å². The summed E-state index contributed by atoms with van der Waals surface area (Å²) >= 11 is 6.14. The van der Waals surface area contributed by atoms with Gasteiger partial charge in [0.25, 0.3) is 0 Å². The van der Waals surface area contributed by atoms with Gasteiger partial charge in [-0.25, -0.2) is 0 Å². The molecule has 0 N–H and O–H groups in total. The van der Waals surface area contributed by atoms with Gasteiger partial charge in [0.15, 0.2) is 0 Å². The second-order valence-corrected chi connectivity index (χ2v) is 7.54. The molecule has 0 bridgehead atoms. The summed E-state index contributed by atoms with van der Waals surface area (Å²) in [6, 6.07) is 17.2. The van der Waals surface area contributed by atoms with Crippen LogP contribution >= 0.6 is 11.6 Å². The Hall–Kier alpha value is -2.24. The van der Waals surface area contributed by atoms with Gasteiger partial charge in [-0.05, 0) is 53.9 Å². The molecule has 0 saturated carbocycles. The van der Waals surface area contributed by atoms with Crippen molar-refractivity contribution in [2.75, 3.05) is 6.54 Å². The van der Waals surface area contributed by atoms with Gasteiger partial charge in [0.1, 0.15) is 0 Å². The highest BCUT2D eigenvalue weighted by Crippen LogP contribution is 2.35. The number of hydrogen-bond acceptors (Lipinski definition) is 1. The Morgan fingerprint density at radius 3 is 2.46 bits per heavy atom. The van der Waals surface area contributed by atoms with Crippen LogP contribution in [0.5, 0.6) is 0 Å². The number of hydrogen-bond donors (Lipinski definition) is 0. The average molecular weight is 405 g/mol. The molecular formula is C22H20ClF3N2. The summed E-state index contributed by atoms with van der Waals surface area (Å²) in [4.78, 5) is 2.31. The first-order chi connectivity index (χ1) is 13.4. The van der Waals surface area contributed by atoms with Gasteiger partial charge in [-0.15, -0.1) is 0 Å². The average Bonchev–Trinajstić information content (AvgIpc) is 3.03. The molecule has 6 heteroatoms. The molecule has 0 spiro atoms. The zero-order chi connectivity index (χ0) is 19.7. The van der Waals surface area contributed by atoms with E-state index in [4.69, 9.17) is 11.6 Å². The van der Waals surface area contributed by atoms with E-state index in [0.717, 1.165) is 36.3 Å². The summed E-state index contributed by atoms with van der Waals surface area (Å²) in [6.45, 7) is 2.42. The molecule has 0 fully saturated rings. The number of rotatable bonds is 3. The molecule has 0 saturated heterocycles. The van der Waals surface area contributed by atoms with E-state index >= 15 is 0 Å². The van der Waals surface area contributed by atoms with Crippen LogP contribution in [-0.2, 0) is 19.3 Å². The van der Waals surface area contributed by atoms with Crippen LogP contribution in [0.1, 0.15) is 34.8 Å². The van der Waals surface area contributed by atoms with Crippen molar-refractivity contribution < 1.29 is 13.2 Å². The molecule has 0 radical (unpaired) electrons. The van der Waals surface area contributed by atoms with E-state index in [-0.39, 0.29) is 6.04 Å². The van der Waals surface area contributed by atoms with Gasteiger partial charge < -0.3 is 4.57 Å². The quantitative estimate of drug-likeness (QED) is 0.508. The molecule has 3 aromatic rings. The van der Waals surface area contributed by atoms with Gasteiger partial charge in [0.2, 0.25) is 0 Å². The minimum atomic E-state index is -4.33. The van der Waals surface area contributed by atoms with Gasteiger partial charge in [0.05, 0.1) is 11.6 Å². The number of aromatic nitrogens is 1. The summed E-state index contributed by atoms with van der Waals surface area (Å²) in [7, 11) is 0. The molecular weight excluding hydrogens is 385 g/mol. The fourth-order valence-electron chi connectivity index (χ4n) is 3.92. The molecule has 0 amide bonds. The van der Waals surface area contributed by atoms with Crippen molar-refractivity contribution in [1.29, 1.82) is 0 Å². The fraction of sp³-hybridized carbons (Fsp3) is 0.273. The zero-order valence-electron chi connectivity index (χ0n) is 15.2. The Bertz CT molecular complexity index is 947. The minimum Gasteiger partial charge on any atom is -0.350 e. The Labute approximate surface area is 167 Å². The zero-order valence-corrected chi connectivity index (χ0v) is 15.9. The van der Waals surface area contributed by atoms with Crippen LogP contribution in [0.3, 0.4) is 0 Å². The van der Waals surface area contributed by atoms with Crippen molar-refractivity contribution in [1.82, 2.24) is 9.47 Å². The first-order valence-electron chi connectivity index (χ1n) is 9.22. The Morgan fingerprint density at radius 2 is 1.75 bits per heavy atom. The number of alkyl halides is 3. The SMILES string of the molecule is FC(F)(F)c1ccc([C@H]2c3cccn3CCCN2Cc2cccc(Cl)c2)cc1. The lowest BCUT2D eigenvalue weighted by atomic mass is 9.99. The maximum atomic E-state index is 13.0. The van der Waals surface area contributed by atoms with Crippen LogP contribution in [0.2, 0.25) is 5.02 Å². The van der Waals surface area contributed by atoms with E-state index < -0.39 is 11.7 Å². The maximum Gasteiger partial charge on any atom is 0.416 e. The van der Waals surface area contributed by atoms with Crippen LogP contribution in [0.15, 0.2) is 66.9 Å². The third-order valence-electron chi connectivity index (χ3n) is 5.18. The molecule has 1 aromatic heterocycles. The summed E-state index contributed by atoms with van der Waals surface area (Å²) in [6.07, 6.45) is -1.32. The number of fused-ring (bicyclic) bond motifs is 1. The smallest absolute Gasteiger partial charge is 0.350 e. The Balaban J connectivity index is 1.72. The van der Waals surface area contributed by atoms with Crippen molar-refractivity contribution in [3.8, 4) is 0 Å². The first kappa shape index (κ1) is 19.1. The second kappa shape index (κ2) is 7.64. The molecule has 28 heavy (non-hydrogen) atoms. The third kappa shape index (κ3) is 3.96. The van der Waals surface area contributed by atoms with Gasteiger partial charge in [-0.1, -0.05) is 35.9 Å². The van der Waals surface area contributed by atoms with Crippen molar-refractivity contribution in [3.63, 3.8) is 0 Å². The highest BCUT2D eigenvalue weighted by Gasteiger charge is 2.32. The van der Waals surface area contributed by atoms with Gasteiger partial charge in [0, 0.05) is 36.5 Å². The topological polar surface area (TPSA) is 8.17 Å². The summed E-state index contributed by atoms with van der Waals surface area (Å²) in [5.74, 6) is 0. The molecule has 1 aliphatic rings. The minimum absolute atomic E-state index is 0.112. The van der Waals surface area contributed by atoms with Crippen molar-refractivity contribution in [2.45, 2.75) is 31.7 Å². The summed E-state index contributed by atoms with van der Waals surface area (Å²) in [5, 5.41) is 0.682. The number of nitrogens with zero attached hydrogens (tertiary/aromatic N) is 2. The molecule has 0 unspecified atom stereocenters. The van der Waals surface area contributed by atoms with E-state index in [1.54, 1.807) is 12.1 Å². The maximum absolute atomic E-state index is 13.0. The van der Waals surface area contributed by atoms with E-state index in [2.05, 4.69) is 15.5 Å². The first-order valence-corrected chi connectivity index (χ1v) is 9.60. The van der Waals surface area contributed by atoms with Crippen LogP contribution in [-0.4, -0.2) is 16.0 Å². The van der Waals surface area contributed by atoms with Crippen molar-refractivity contribution in [3.05, 3.63) is 94.3 Å². The fourth-order valence-corrected chi connectivity index (χ4v) is 4.13. The molecule has 2 aromatic carbocycles. The molecule has 2 nitrogen and oxygen atoms in total. The predicted molar refractivity (Wildman–Crippen MR) is 104 cm³/mol. The van der Waals surface area contributed by atoms with Crippen molar-refractivity contribution >= 4 is 11.6 Å². The van der Waals surface area contributed by atoms with Gasteiger partial charge in [-0.3, -0.25) is 4.90 Å². The number of aryl methyl sites for hydroxylation is 1. The number of halogens is 4. The Morgan fingerprint density at radius 1 is 0.964 bits per heavy atom. The molecule has 1 aliphatic heterocycles. The largest absolute Gasteiger partial charge is 0.416 e. The second-order valence-electron chi connectivity index (χ2n) is 7.10. The lowest BCUT2D eigenvalue weighted by Crippen LogP contribution is -2.29. The summed E-state index contributed by atoms with van der Waals surface area (Å²) < 4.78 is 41.2. The number of benzene rings is 2. The molecule has 0 aliphatic carbocycles. The third-order valence-corrected chi connectivity index (χ3v) is 5.42. The summed E-state index contributed by atoms with van der Waals surface area (Å²) in [5.41, 5.74) is 2.42. The van der Waals surface area contributed by atoms with Crippen LogP contribution in [0.25, 0.3) is 0 Å². The molecule has 1 atom stereocenters. The van der Waals surface area contributed by atoms with Crippen LogP contribution in [0.4, 0.5) is 13.2 Å². The van der Waals surface area contributed by atoms with E-state index in [1.807, 2.05) is 36.5 Å². The lowest BCUT2D eigenvalue weighted by molar-refractivity contribution is -0.137.